The Hall–Kier alpha value is -3.53. The van der Waals surface area contributed by atoms with Gasteiger partial charge in [0, 0.05) is 5.69 Å². The van der Waals surface area contributed by atoms with Crippen LogP contribution in [-0.4, -0.2) is 32.1 Å². The summed E-state index contributed by atoms with van der Waals surface area (Å²) in [5.41, 5.74) is -0.256. The van der Waals surface area contributed by atoms with E-state index < -0.39 is 17.2 Å². The lowest BCUT2D eigenvalue weighted by molar-refractivity contribution is -0.138. The molecule has 2 N–H and O–H groups in total. The number of carbonyl (C=O) groups excluding carboxylic acids is 2. The van der Waals surface area contributed by atoms with Gasteiger partial charge in [-0.2, -0.15) is 5.26 Å². The quantitative estimate of drug-likeness (QED) is 0.541. The van der Waals surface area contributed by atoms with Crippen LogP contribution < -0.4 is 20.1 Å². The molecule has 2 rings (SSSR count). The van der Waals surface area contributed by atoms with Crippen molar-refractivity contribution >= 4 is 17.5 Å². The Balaban J connectivity index is 1.81. The lowest BCUT2D eigenvalue weighted by Gasteiger charge is -2.22. The highest BCUT2D eigenvalue weighted by molar-refractivity contribution is 6.09. The first-order valence-electron chi connectivity index (χ1n) is 8.73. The van der Waals surface area contributed by atoms with Crippen LogP contribution in [0, 0.1) is 16.7 Å². The Morgan fingerprint density at radius 2 is 1.61 bits per heavy atom. The molecule has 7 heteroatoms. The van der Waals surface area contributed by atoms with Crippen LogP contribution in [0.4, 0.5) is 5.69 Å². The Morgan fingerprint density at radius 1 is 1.00 bits per heavy atom. The number of nitrogens with zero attached hydrogens (tertiary/aromatic N) is 1. The van der Waals surface area contributed by atoms with E-state index >= 15 is 0 Å². The van der Waals surface area contributed by atoms with Gasteiger partial charge in [0.25, 0.3) is 0 Å². The maximum atomic E-state index is 12.5. The molecular formula is C21H23N3O4. The van der Waals surface area contributed by atoms with Crippen molar-refractivity contribution < 1.29 is 19.1 Å². The van der Waals surface area contributed by atoms with Gasteiger partial charge < -0.3 is 20.1 Å². The Kier molecular flexibility index (Phi) is 6.99. The first-order valence-corrected chi connectivity index (χ1v) is 8.73. The summed E-state index contributed by atoms with van der Waals surface area (Å²) in [6.45, 7) is 3.63. The topological polar surface area (TPSA) is 100 Å². The van der Waals surface area contributed by atoms with E-state index in [1.165, 1.54) is 0 Å². The van der Waals surface area contributed by atoms with Gasteiger partial charge in [0.15, 0.2) is 0 Å². The van der Waals surface area contributed by atoms with Crippen molar-refractivity contribution in [1.82, 2.24) is 5.32 Å². The zero-order chi connectivity index (χ0) is 20.6. The van der Waals surface area contributed by atoms with Crippen LogP contribution in [0.25, 0.3) is 0 Å². The van der Waals surface area contributed by atoms with Crippen molar-refractivity contribution in [2.75, 3.05) is 25.6 Å². The summed E-state index contributed by atoms with van der Waals surface area (Å²) in [6.07, 6.45) is 0. The third kappa shape index (κ3) is 5.48. The van der Waals surface area contributed by atoms with Gasteiger partial charge in [-0.25, -0.2) is 0 Å². The standard InChI is InChI=1S/C21H23N3O4/c1-21(2,20(26)24-16-6-4-15(14-22)5-7-16)19(25)23-12-13-28-18-10-8-17(27-3)9-11-18/h4-11H,12-13H2,1-3H3,(H,23,25)(H,24,26). The maximum Gasteiger partial charge on any atom is 0.239 e. The van der Waals surface area contributed by atoms with Crippen LogP contribution in [0.5, 0.6) is 11.5 Å². The molecule has 7 nitrogen and oxygen atoms in total. The highest BCUT2D eigenvalue weighted by Gasteiger charge is 2.35. The van der Waals surface area contributed by atoms with E-state index in [0.717, 1.165) is 5.75 Å². The maximum absolute atomic E-state index is 12.5. The SMILES string of the molecule is COc1ccc(OCCNC(=O)C(C)(C)C(=O)Nc2ccc(C#N)cc2)cc1. The summed E-state index contributed by atoms with van der Waals surface area (Å²) in [5, 5.41) is 14.2. The normalized spacial score (nSPS) is 10.5. The van der Waals surface area contributed by atoms with Crippen molar-refractivity contribution in [1.29, 1.82) is 5.26 Å². The minimum atomic E-state index is -1.27. The summed E-state index contributed by atoms with van der Waals surface area (Å²) in [6, 6.07) is 15.5. The minimum Gasteiger partial charge on any atom is -0.497 e. The first-order chi connectivity index (χ1) is 13.4. The van der Waals surface area contributed by atoms with Gasteiger partial charge in [-0.3, -0.25) is 9.59 Å². The average molecular weight is 381 g/mol. The van der Waals surface area contributed by atoms with Gasteiger partial charge in [0.2, 0.25) is 11.8 Å². The number of nitrogens with one attached hydrogen (secondary N) is 2. The number of carbonyl (C=O) groups is 2. The third-order valence-corrected chi connectivity index (χ3v) is 4.12. The second kappa shape index (κ2) is 9.42. The third-order valence-electron chi connectivity index (χ3n) is 4.12. The van der Waals surface area contributed by atoms with Crippen LogP contribution >= 0.6 is 0 Å². The fourth-order valence-corrected chi connectivity index (χ4v) is 2.24. The number of hydrogen-bond donors (Lipinski definition) is 2. The molecule has 0 saturated carbocycles. The fraction of sp³-hybridized carbons (Fsp3) is 0.286. The van der Waals surface area contributed by atoms with Gasteiger partial charge >= 0.3 is 0 Å². The average Bonchev–Trinajstić information content (AvgIpc) is 2.71. The van der Waals surface area contributed by atoms with E-state index in [2.05, 4.69) is 10.6 Å². The number of hydrogen-bond acceptors (Lipinski definition) is 5. The van der Waals surface area contributed by atoms with E-state index in [9.17, 15) is 9.59 Å². The molecular weight excluding hydrogens is 358 g/mol. The number of methoxy groups -OCH3 is 1. The van der Waals surface area contributed by atoms with Crippen molar-refractivity contribution in [3.8, 4) is 17.6 Å². The summed E-state index contributed by atoms with van der Waals surface area (Å²) < 4.78 is 10.6. The highest BCUT2D eigenvalue weighted by atomic mass is 16.5. The molecule has 0 bridgehead atoms. The predicted molar refractivity (Wildman–Crippen MR) is 105 cm³/mol. The van der Waals surface area contributed by atoms with Crippen LogP contribution in [0.2, 0.25) is 0 Å². The first kappa shape index (κ1) is 20.8. The minimum absolute atomic E-state index is 0.262. The van der Waals surface area contributed by atoms with E-state index in [0.29, 0.717) is 17.0 Å². The smallest absolute Gasteiger partial charge is 0.239 e. The molecule has 0 unspecified atom stereocenters. The highest BCUT2D eigenvalue weighted by Crippen LogP contribution is 2.20. The van der Waals surface area contributed by atoms with Crippen LogP contribution in [0.1, 0.15) is 19.4 Å². The zero-order valence-corrected chi connectivity index (χ0v) is 16.1. The molecule has 0 aliphatic rings. The van der Waals surface area contributed by atoms with Gasteiger partial charge in [-0.15, -0.1) is 0 Å². The number of amides is 2. The molecule has 146 valence electrons. The fourth-order valence-electron chi connectivity index (χ4n) is 2.24. The lowest BCUT2D eigenvalue weighted by Crippen LogP contribution is -2.46. The van der Waals surface area contributed by atoms with E-state index in [4.69, 9.17) is 14.7 Å². The Bertz CT molecular complexity index is 853. The molecule has 0 atom stereocenters. The number of rotatable bonds is 8. The second-order valence-corrected chi connectivity index (χ2v) is 6.55. The molecule has 2 amide bonds. The van der Waals surface area contributed by atoms with Crippen LogP contribution in [0.15, 0.2) is 48.5 Å². The van der Waals surface area contributed by atoms with Crippen molar-refractivity contribution in [3.63, 3.8) is 0 Å². The van der Waals surface area contributed by atoms with Gasteiger partial charge in [-0.1, -0.05) is 0 Å². The molecule has 0 aliphatic carbocycles. The van der Waals surface area contributed by atoms with Crippen LogP contribution in [-0.2, 0) is 9.59 Å². The Labute approximate surface area is 164 Å². The van der Waals surface area contributed by atoms with Gasteiger partial charge in [0.1, 0.15) is 23.5 Å². The molecule has 0 radical (unpaired) electrons. The summed E-state index contributed by atoms with van der Waals surface area (Å²) in [4.78, 5) is 24.9. The number of ether oxygens (including phenoxy) is 2. The number of benzene rings is 2. The number of anilines is 1. The molecule has 2 aromatic carbocycles. The Morgan fingerprint density at radius 3 is 2.18 bits per heavy atom. The van der Waals surface area contributed by atoms with Crippen molar-refractivity contribution in [3.05, 3.63) is 54.1 Å². The monoisotopic (exact) mass is 381 g/mol. The van der Waals surface area contributed by atoms with E-state index in [-0.39, 0.29) is 13.2 Å². The van der Waals surface area contributed by atoms with Gasteiger partial charge in [0.05, 0.1) is 25.3 Å². The second-order valence-electron chi connectivity index (χ2n) is 6.55. The molecule has 0 heterocycles. The van der Waals surface area contributed by atoms with E-state index in [1.54, 1.807) is 69.5 Å². The number of nitriles is 1. The molecule has 0 saturated heterocycles. The zero-order valence-electron chi connectivity index (χ0n) is 16.1. The molecule has 28 heavy (non-hydrogen) atoms. The molecule has 0 aliphatic heterocycles. The summed E-state index contributed by atoms with van der Waals surface area (Å²) in [5.74, 6) is 0.548. The van der Waals surface area contributed by atoms with Crippen molar-refractivity contribution in [2.45, 2.75) is 13.8 Å². The summed E-state index contributed by atoms with van der Waals surface area (Å²) >= 11 is 0. The van der Waals surface area contributed by atoms with Gasteiger partial charge in [-0.05, 0) is 62.4 Å². The summed E-state index contributed by atoms with van der Waals surface area (Å²) in [7, 11) is 1.59. The molecule has 0 aromatic heterocycles. The predicted octanol–water partition coefficient (Wildman–Crippen LogP) is 2.73. The van der Waals surface area contributed by atoms with Crippen molar-refractivity contribution in [2.24, 2.45) is 5.41 Å². The molecule has 2 aromatic rings. The lowest BCUT2D eigenvalue weighted by atomic mass is 9.91. The van der Waals surface area contributed by atoms with E-state index in [1.807, 2.05) is 6.07 Å². The largest absolute Gasteiger partial charge is 0.497 e. The molecule has 0 fully saturated rings. The molecule has 0 spiro atoms. The van der Waals surface area contributed by atoms with Crippen LogP contribution in [0.3, 0.4) is 0 Å².